The van der Waals surface area contributed by atoms with Crippen LogP contribution in [0.15, 0.2) is 11.6 Å². The molecule has 1 fully saturated rings. The average molecular weight is 295 g/mol. The molecule has 1 amide bonds. The van der Waals surface area contributed by atoms with Crippen LogP contribution in [0.2, 0.25) is 0 Å². The summed E-state index contributed by atoms with van der Waals surface area (Å²) in [7, 11) is 0. The molecule has 1 aliphatic heterocycles. The maximum atomic E-state index is 12.0. The molecule has 0 aliphatic carbocycles. The van der Waals surface area contributed by atoms with Gasteiger partial charge in [0.1, 0.15) is 5.01 Å². The van der Waals surface area contributed by atoms with Crippen LogP contribution in [0.5, 0.6) is 0 Å². The normalized spacial score (nSPS) is 17.9. The lowest BCUT2D eigenvalue weighted by Crippen LogP contribution is -2.32. The highest BCUT2D eigenvalue weighted by atomic mass is 32.1. The second-order valence-electron chi connectivity index (χ2n) is 5.40. The number of carbonyl (C=O) groups is 1. The van der Waals surface area contributed by atoms with Crippen molar-refractivity contribution in [3.05, 3.63) is 16.6 Å². The van der Waals surface area contributed by atoms with Crippen molar-refractivity contribution in [2.45, 2.75) is 51.5 Å². The van der Waals surface area contributed by atoms with E-state index in [2.05, 4.69) is 22.1 Å². The van der Waals surface area contributed by atoms with Crippen molar-refractivity contribution >= 4 is 17.2 Å². The molecule has 2 heterocycles. The molecule has 1 N–H and O–H groups in total. The number of hydrogen-bond acceptors (Lipinski definition) is 4. The van der Waals surface area contributed by atoms with Crippen LogP contribution in [-0.4, -0.2) is 35.4 Å². The van der Waals surface area contributed by atoms with Crippen molar-refractivity contribution in [2.75, 3.05) is 19.6 Å². The maximum Gasteiger partial charge on any atom is 0.220 e. The second-order valence-corrected chi connectivity index (χ2v) is 6.33. The van der Waals surface area contributed by atoms with Crippen LogP contribution in [-0.2, 0) is 4.79 Å². The second kappa shape index (κ2) is 8.37. The van der Waals surface area contributed by atoms with Gasteiger partial charge in [0.05, 0.1) is 6.04 Å². The molecule has 0 aromatic carbocycles. The summed E-state index contributed by atoms with van der Waals surface area (Å²) in [6.45, 7) is 5.55. The minimum absolute atomic E-state index is 0.0810. The molecule has 0 saturated carbocycles. The SMILES string of the molecule is CC[C@H](NC(=O)CCCN1CCCCC1)c1nccs1. The number of nitrogens with one attached hydrogen (secondary N) is 1. The Hall–Kier alpha value is -0.940. The minimum atomic E-state index is 0.0810. The molecule has 0 radical (unpaired) electrons. The zero-order valence-electron chi connectivity index (χ0n) is 12.3. The fourth-order valence-corrected chi connectivity index (χ4v) is 3.43. The Morgan fingerprint density at radius 3 is 2.90 bits per heavy atom. The summed E-state index contributed by atoms with van der Waals surface area (Å²) in [4.78, 5) is 18.8. The quantitative estimate of drug-likeness (QED) is 0.841. The average Bonchev–Trinajstić information content (AvgIpc) is 3.00. The smallest absolute Gasteiger partial charge is 0.220 e. The number of likely N-dealkylation sites (tertiary alicyclic amines) is 1. The molecule has 0 unspecified atom stereocenters. The van der Waals surface area contributed by atoms with Crippen LogP contribution in [0.4, 0.5) is 0 Å². The number of nitrogens with zero attached hydrogens (tertiary/aromatic N) is 2. The van der Waals surface area contributed by atoms with Gasteiger partial charge in [-0.15, -0.1) is 11.3 Å². The van der Waals surface area contributed by atoms with Gasteiger partial charge in [-0.05, 0) is 45.3 Å². The van der Waals surface area contributed by atoms with E-state index in [9.17, 15) is 4.79 Å². The summed E-state index contributed by atoms with van der Waals surface area (Å²) in [5, 5.41) is 6.07. The molecule has 1 atom stereocenters. The van der Waals surface area contributed by atoms with E-state index in [1.54, 1.807) is 17.5 Å². The van der Waals surface area contributed by atoms with Crippen LogP contribution in [0, 0.1) is 0 Å². The third-order valence-corrected chi connectivity index (χ3v) is 4.71. The largest absolute Gasteiger partial charge is 0.347 e. The van der Waals surface area contributed by atoms with Gasteiger partial charge >= 0.3 is 0 Å². The highest BCUT2D eigenvalue weighted by Gasteiger charge is 2.15. The summed E-state index contributed by atoms with van der Waals surface area (Å²) < 4.78 is 0. The van der Waals surface area contributed by atoms with Crippen molar-refractivity contribution in [3.8, 4) is 0 Å². The Morgan fingerprint density at radius 2 is 2.25 bits per heavy atom. The molecule has 0 bridgehead atoms. The lowest BCUT2D eigenvalue weighted by molar-refractivity contribution is -0.122. The lowest BCUT2D eigenvalue weighted by atomic mass is 10.1. The van der Waals surface area contributed by atoms with E-state index in [1.165, 1.54) is 32.4 Å². The highest BCUT2D eigenvalue weighted by Crippen LogP contribution is 2.19. The topological polar surface area (TPSA) is 45.2 Å². The van der Waals surface area contributed by atoms with Gasteiger partial charge < -0.3 is 10.2 Å². The van der Waals surface area contributed by atoms with Gasteiger partial charge in [-0.2, -0.15) is 0 Å². The predicted octanol–water partition coefficient (Wildman–Crippen LogP) is 2.98. The van der Waals surface area contributed by atoms with E-state index < -0.39 is 0 Å². The Morgan fingerprint density at radius 1 is 1.45 bits per heavy atom. The van der Waals surface area contributed by atoms with Crippen molar-refractivity contribution < 1.29 is 4.79 Å². The Bertz CT molecular complexity index is 388. The monoisotopic (exact) mass is 295 g/mol. The van der Waals surface area contributed by atoms with Crippen LogP contribution in [0.1, 0.15) is 56.5 Å². The maximum absolute atomic E-state index is 12.0. The molecule has 0 spiro atoms. The molecule has 5 heteroatoms. The van der Waals surface area contributed by atoms with E-state index in [4.69, 9.17) is 0 Å². The molecular formula is C15H25N3OS. The zero-order valence-corrected chi connectivity index (χ0v) is 13.1. The molecule has 1 aromatic rings. The first-order chi connectivity index (χ1) is 9.79. The number of amides is 1. The molecule has 1 aromatic heterocycles. The van der Waals surface area contributed by atoms with Gasteiger partial charge in [0.25, 0.3) is 0 Å². The van der Waals surface area contributed by atoms with E-state index in [0.29, 0.717) is 6.42 Å². The van der Waals surface area contributed by atoms with Gasteiger partial charge in [0.2, 0.25) is 5.91 Å². The Labute approximate surface area is 125 Å². The molecule has 1 aliphatic rings. The van der Waals surface area contributed by atoms with E-state index in [0.717, 1.165) is 24.4 Å². The molecule has 20 heavy (non-hydrogen) atoms. The first kappa shape index (κ1) is 15.4. The zero-order chi connectivity index (χ0) is 14.2. The number of hydrogen-bond donors (Lipinski definition) is 1. The molecule has 2 rings (SSSR count). The van der Waals surface area contributed by atoms with Crippen LogP contribution in [0.3, 0.4) is 0 Å². The van der Waals surface area contributed by atoms with Crippen molar-refractivity contribution in [3.63, 3.8) is 0 Å². The fourth-order valence-electron chi connectivity index (χ4n) is 2.66. The van der Waals surface area contributed by atoms with Crippen molar-refractivity contribution in [1.82, 2.24) is 15.2 Å². The first-order valence-corrected chi connectivity index (χ1v) is 8.58. The minimum Gasteiger partial charge on any atom is -0.347 e. The number of thiazole rings is 1. The number of piperidine rings is 1. The van der Waals surface area contributed by atoms with E-state index in [-0.39, 0.29) is 11.9 Å². The van der Waals surface area contributed by atoms with Crippen LogP contribution in [0.25, 0.3) is 0 Å². The van der Waals surface area contributed by atoms with Gasteiger partial charge in [-0.1, -0.05) is 13.3 Å². The standard InChI is InChI=1S/C15H25N3OS/c1-2-13(15-16-8-12-20-15)17-14(19)7-6-11-18-9-4-3-5-10-18/h8,12-13H,2-7,9-11H2,1H3,(H,17,19)/t13-/m0/s1. The van der Waals surface area contributed by atoms with Crippen molar-refractivity contribution in [2.24, 2.45) is 0 Å². The highest BCUT2D eigenvalue weighted by molar-refractivity contribution is 7.09. The summed E-state index contributed by atoms with van der Waals surface area (Å²) in [6.07, 6.45) is 8.26. The predicted molar refractivity (Wildman–Crippen MR) is 82.8 cm³/mol. The molecular weight excluding hydrogens is 270 g/mol. The Balaban J connectivity index is 1.66. The summed E-state index contributed by atoms with van der Waals surface area (Å²) in [5.74, 6) is 0.157. The van der Waals surface area contributed by atoms with E-state index >= 15 is 0 Å². The van der Waals surface area contributed by atoms with Crippen molar-refractivity contribution in [1.29, 1.82) is 0 Å². The summed E-state index contributed by atoms with van der Waals surface area (Å²) in [5.41, 5.74) is 0. The fraction of sp³-hybridized carbons (Fsp3) is 0.733. The van der Waals surface area contributed by atoms with Gasteiger partial charge in [-0.3, -0.25) is 4.79 Å². The molecule has 1 saturated heterocycles. The molecule has 112 valence electrons. The number of aromatic nitrogens is 1. The molecule has 4 nitrogen and oxygen atoms in total. The first-order valence-electron chi connectivity index (χ1n) is 7.70. The van der Waals surface area contributed by atoms with Gasteiger partial charge in [0.15, 0.2) is 0 Å². The van der Waals surface area contributed by atoms with Gasteiger partial charge in [-0.25, -0.2) is 4.98 Å². The van der Waals surface area contributed by atoms with Crippen LogP contribution >= 0.6 is 11.3 Å². The third kappa shape index (κ3) is 4.87. The lowest BCUT2D eigenvalue weighted by Gasteiger charge is -2.26. The summed E-state index contributed by atoms with van der Waals surface area (Å²) >= 11 is 1.61. The number of carbonyl (C=O) groups excluding carboxylic acids is 1. The van der Waals surface area contributed by atoms with E-state index in [1.807, 2.05) is 5.38 Å². The van der Waals surface area contributed by atoms with Crippen LogP contribution < -0.4 is 5.32 Å². The summed E-state index contributed by atoms with van der Waals surface area (Å²) in [6, 6.07) is 0.0810. The number of rotatable bonds is 7. The Kier molecular flexibility index (Phi) is 6.47. The van der Waals surface area contributed by atoms with Gasteiger partial charge in [0, 0.05) is 18.0 Å². The third-order valence-electron chi connectivity index (χ3n) is 3.82.